The summed E-state index contributed by atoms with van der Waals surface area (Å²) < 4.78 is 28.4. The van der Waals surface area contributed by atoms with Gasteiger partial charge in [-0.1, -0.05) is 12.1 Å². The Morgan fingerprint density at radius 2 is 2.00 bits per heavy atom. The first-order valence-corrected chi connectivity index (χ1v) is 7.05. The third kappa shape index (κ3) is 4.25. The maximum atomic E-state index is 12.1. The number of nitrogens with zero attached hydrogens (tertiary/aromatic N) is 1. The summed E-state index contributed by atoms with van der Waals surface area (Å²) in [6.07, 6.45) is 1.86. The Kier molecular flexibility index (Phi) is 5.03. The summed E-state index contributed by atoms with van der Waals surface area (Å²) >= 11 is 1.66. The van der Waals surface area contributed by atoms with Crippen LogP contribution >= 0.6 is 11.3 Å². The molecule has 0 fully saturated rings. The number of aromatic nitrogens is 1. The lowest BCUT2D eigenvalue weighted by molar-refractivity contribution is -0.0498. The normalized spacial score (nSPS) is 12.7. The first kappa shape index (κ1) is 14.9. The third-order valence-electron chi connectivity index (χ3n) is 2.86. The minimum absolute atomic E-state index is 0.123. The molecule has 6 heteroatoms. The number of benzene rings is 1. The molecule has 0 bridgehead atoms. The maximum Gasteiger partial charge on any atom is 0.387 e. The Hall–Kier alpha value is -1.53. The largest absolute Gasteiger partial charge is 0.435 e. The number of aryl methyl sites for hydroxylation is 1. The van der Waals surface area contributed by atoms with E-state index in [1.54, 1.807) is 35.6 Å². The van der Waals surface area contributed by atoms with Gasteiger partial charge in [0, 0.05) is 23.7 Å². The van der Waals surface area contributed by atoms with Gasteiger partial charge in [-0.05, 0) is 31.5 Å². The fourth-order valence-corrected chi connectivity index (χ4v) is 2.54. The molecule has 3 nitrogen and oxygen atoms in total. The molecule has 0 spiro atoms. The Morgan fingerprint density at radius 1 is 1.30 bits per heavy atom. The van der Waals surface area contributed by atoms with Crippen LogP contribution in [0.3, 0.4) is 0 Å². The van der Waals surface area contributed by atoms with Gasteiger partial charge in [-0.25, -0.2) is 4.98 Å². The third-order valence-corrected chi connectivity index (χ3v) is 3.77. The Balaban J connectivity index is 1.90. The van der Waals surface area contributed by atoms with Gasteiger partial charge in [0.25, 0.3) is 0 Å². The number of hydrogen-bond acceptors (Lipinski definition) is 4. The fraction of sp³-hybridized carbons (Fsp3) is 0.357. The zero-order valence-corrected chi connectivity index (χ0v) is 12.1. The second kappa shape index (κ2) is 6.76. The number of hydrogen-bond donors (Lipinski definition) is 1. The van der Waals surface area contributed by atoms with Crippen LogP contribution in [0, 0.1) is 6.92 Å². The molecule has 1 aromatic carbocycles. The zero-order valence-electron chi connectivity index (χ0n) is 11.3. The summed E-state index contributed by atoms with van der Waals surface area (Å²) in [7, 11) is 0. The molecule has 0 amide bonds. The Morgan fingerprint density at radius 3 is 2.55 bits per heavy atom. The SMILES string of the molecule is Cc1ncc(CNC(C)c2ccc(OC(F)F)cc2)s1. The molecule has 108 valence electrons. The average molecular weight is 298 g/mol. The van der Waals surface area contributed by atoms with Crippen molar-refractivity contribution in [3.8, 4) is 5.75 Å². The molecule has 0 saturated carbocycles. The molecule has 1 unspecified atom stereocenters. The molecule has 1 atom stereocenters. The van der Waals surface area contributed by atoms with Crippen molar-refractivity contribution in [1.82, 2.24) is 10.3 Å². The van der Waals surface area contributed by atoms with E-state index in [1.165, 1.54) is 4.88 Å². The van der Waals surface area contributed by atoms with E-state index in [9.17, 15) is 8.78 Å². The number of thiazole rings is 1. The molecule has 2 rings (SSSR count). The first-order chi connectivity index (χ1) is 9.54. The van der Waals surface area contributed by atoms with E-state index in [4.69, 9.17) is 0 Å². The van der Waals surface area contributed by atoms with Gasteiger partial charge in [0.15, 0.2) is 0 Å². The number of halogens is 2. The van der Waals surface area contributed by atoms with Crippen LogP contribution in [0.2, 0.25) is 0 Å². The van der Waals surface area contributed by atoms with Crippen LogP contribution in [0.25, 0.3) is 0 Å². The quantitative estimate of drug-likeness (QED) is 0.878. The molecule has 0 radical (unpaired) electrons. The first-order valence-electron chi connectivity index (χ1n) is 6.24. The highest BCUT2D eigenvalue weighted by molar-refractivity contribution is 7.11. The predicted molar refractivity (Wildman–Crippen MR) is 75.2 cm³/mol. The van der Waals surface area contributed by atoms with Gasteiger partial charge in [0.2, 0.25) is 0 Å². The van der Waals surface area contributed by atoms with Gasteiger partial charge in [0.1, 0.15) is 5.75 Å². The smallest absolute Gasteiger partial charge is 0.387 e. The number of rotatable bonds is 6. The van der Waals surface area contributed by atoms with E-state index in [-0.39, 0.29) is 11.8 Å². The van der Waals surface area contributed by atoms with Crippen LogP contribution in [0.5, 0.6) is 5.75 Å². The molecule has 1 N–H and O–H groups in total. The van der Waals surface area contributed by atoms with E-state index < -0.39 is 6.61 Å². The monoisotopic (exact) mass is 298 g/mol. The summed E-state index contributed by atoms with van der Waals surface area (Å²) in [5.41, 5.74) is 1.02. The van der Waals surface area contributed by atoms with Crippen molar-refractivity contribution >= 4 is 11.3 Å². The van der Waals surface area contributed by atoms with Gasteiger partial charge in [0.05, 0.1) is 5.01 Å². The predicted octanol–water partition coefficient (Wildman–Crippen LogP) is 3.90. The summed E-state index contributed by atoms with van der Waals surface area (Å²) in [5, 5.41) is 4.41. The topological polar surface area (TPSA) is 34.2 Å². The van der Waals surface area contributed by atoms with E-state index >= 15 is 0 Å². The Labute approximate surface area is 120 Å². The molecule has 1 aromatic heterocycles. The molecule has 2 aromatic rings. The molecular weight excluding hydrogens is 282 g/mol. The van der Waals surface area contributed by atoms with Crippen LogP contribution in [-0.4, -0.2) is 11.6 Å². The van der Waals surface area contributed by atoms with Crippen molar-refractivity contribution in [3.05, 3.63) is 45.9 Å². The van der Waals surface area contributed by atoms with Crippen LogP contribution in [0.4, 0.5) is 8.78 Å². The number of ether oxygens (including phenoxy) is 1. The van der Waals surface area contributed by atoms with Crippen LogP contribution in [0.15, 0.2) is 30.5 Å². The van der Waals surface area contributed by atoms with Crippen molar-refractivity contribution < 1.29 is 13.5 Å². The lowest BCUT2D eigenvalue weighted by Gasteiger charge is -2.14. The van der Waals surface area contributed by atoms with Crippen molar-refractivity contribution in [2.24, 2.45) is 0 Å². The van der Waals surface area contributed by atoms with Crippen LogP contribution < -0.4 is 10.1 Å². The fourth-order valence-electron chi connectivity index (χ4n) is 1.80. The summed E-state index contributed by atoms with van der Waals surface area (Å²) in [6.45, 7) is 1.95. The highest BCUT2D eigenvalue weighted by Crippen LogP contribution is 2.20. The second-order valence-electron chi connectivity index (χ2n) is 4.40. The lowest BCUT2D eigenvalue weighted by atomic mass is 10.1. The van der Waals surface area contributed by atoms with Gasteiger partial charge in [-0.15, -0.1) is 11.3 Å². The van der Waals surface area contributed by atoms with E-state index in [1.807, 2.05) is 20.0 Å². The highest BCUT2D eigenvalue weighted by atomic mass is 32.1. The molecular formula is C14H16F2N2OS. The molecule has 1 heterocycles. The van der Waals surface area contributed by atoms with Crippen molar-refractivity contribution in [1.29, 1.82) is 0 Å². The van der Waals surface area contributed by atoms with E-state index in [2.05, 4.69) is 15.0 Å². The summed E-state index contributed by atoms with van der Waals surface area (Å²) in [5.74, 6) is 0.175. The standard InChI is InChI=1S/C14H16F2N2OS/c1-9(17-7-13-8-18-10(2)20-13)11-3-5-12(6-4-11)19-14(15)16/h3-6,8-9,14,17H,7H2,1-2H3. The highest BCUT2D eigenvalue weighted by Gasteiger charge is 2.08. The Bertz CT molecular complexity index is 542. The van der Waals surface area contributed by atoms with Crippen LogP contribution in [-0.2, 0) is 6.54 Å². The van der Waals surface area contributed by atoms with Crippen molar-refractivity contribution in [3.63, 3.8) is 0 Å². The van der Waals surface area contributed by atoms with Crippen molar-refractivity contribution in [2.75, 3.05) is 0 Å². The number of alkyl halides is 2. The van der Waals surface area contributed by atoms with E-state index in [0.717, 1.165) is 17.1 Å². The van der Waals surface area contributed by atoms with Gasteiger partial charge < -0.3 is 10.1 Å². The maximum absolute atomic E-state index is 12.1. The molecule has 0 aliphatic carbocycles. The van der Waals surface area contributed by atoms with Gasteiger partial charge in [-0.2, -0.15) is 8.78 Å². The molecule has 0 saturated heterocycles. The molecule has 0 aliphatic rings. The summed E-state index contributed by atoms with van der Waals surface area (Å²) in [6, 6.07) is 6.80. The summed E-state index contributed by atoms with van der Waals surface area (Å²) in [4.78, 5) is 5.37. The van der Waals surface area contributed by atoms with Gasteiger partial charge in [-0.3, -0.25) is 0 Å². The average Bonchev–Trinajstić information content (AvgIpc) is 2.82. The molecule has 20 heavy (non-hydrogen) atoms. The minimum atomic E-state index is -2.79. The van der Waals surface area contributed by atoms with Gasteiger partial charge >= 0.3 is 6.61 Å². The minimum Gasteiger partial charge on any atom is -0.435 e. The lowest BCUT2D eigenvalue weighted by Crippen LogP contribution is -2.17. The van der Waals surface area contributed by atoms with Crippen molar-refractivity contribution in [2.45, 2.75) is 33.0 Å². The number of nitrogens with one attached hydrogen (secondary N) is 1. The second-order valence-corrected chi connectivity index (χ2v) is 5.72. The molecule has 0 aliphatic heterocycles. The van der Waals surface area contributed by atoms with E-state index in [0.29, 0.717) is 0 Å². The zero-order chi connectivity index (χ0) is 14.5. The van der Waals surface area contributed by atoms with Crippen LogP contribution in [0.1, 0.15) is 28.4 Å².